The maximum atomic E-state index is 11.7. The molecule has 100 valence electrons. The topological polar surface area (TPSA) is 82.0 Å². The second kappa shape index (κ2) is 6.36. The van der Waals surface area contributed by atoms with Gasteiger partial charge in [0.1, 0.15) is 5.75 Å². The number of hydrogen-bond donors (Lipinski definition) is 2. The van der Waals surface area contributed by atoms with E-state index in [0.29, 0.717) is 18.7 Å². The average Bonchev–Trinajstić information content (AvgIpc) is 2.32. The molecule has 0 atom stereocenters. The number of phenolic OH excluding ortho intramolecular Hbond substituents is 1. The molecule has 0 fully saturated rings. The van der Waals surface area contributed by atoms with Gasteiger partial charge in [-0.2, -0.15) is 22.7 Å². The summed E-state index contributed by atoms with van der Waals surface area (Å²) in [7, 11) is -3.60. The summed E-state index contributed by atoms with van der Waals surface area (Å²) in [4.78, 5) is 2.09. The molecule has 0 saturated heterocycles. The van der Waals surface area contributed by atoms with Gasteiger partial charge in [0.2, 0.25) is 0 Å². The van der Waals surface area contributed by atoms with Crippen molar-refractivity contribution in [2.75, 3.05) is 13.1 Å². The standard InChI is InChI=1S/C11H17N3O3S/c1-3-14(4-2)18(16,17)13-12-9-10-7-5-6-8-11(10)15/h5-9,13,15H,3-4H2,1-2H3. The van der Waals surface area contributed by atoms with Crippen molar-refractivity contribution in [1.82, 2.24) is 9.14 Å². The van der Waals surface area contributed by atoms with E-state index in [4.69, 9.17) is 0 Å². The molecule has 2 N–H and O–H groups in total. The molecule has 0 radical (unpaired) electrons. The second-order valence-electron chi connectivity index (χ2n) is 3.50. The van der Waals surface area contributed by atoms with Gasteiger partial charge >= 0.3 is 10.2 Å². The lowest BCUT2D eigenvalue weighted by atomic mass is 10.2. The van der Waals surface area contributed by atoms with E-state index < -0.39 is 10.2 Å². The Morgan fingerprint density at radius 1 is 1.33 bits per heavy atom. The van der Waals surface area contributed by atoms with Gasteiger partial charge in [0.25, 0.3) is 0 Å². The van der Waals surface area contributed by atoms with Gasteiger partial charge in [0.05, 0.1) is 6.21 Å². The Morgan fingerprint density at radius 3 is 2.50 bits per heavy atom. The summed E-state index contributed by atoms with van der Waals surface area (Å²) >= 11 is 0. The molecule has 0 aliphatic rings. The van der Waals surface area contributed by atoms with E-state index in [1.807, 2.05) is 0 Å². The van der Waals surface area contributed by atoms with Crippen LogP contribution >= 0.6 is 0 Å². The summed E-state index contributed by atoms with van der Waals surface area (Å²) in [5.41, 5.74) is 0.444. The van der Waals surface area contributed by atoms with Crippen molar-refractivity contribution in [2.24, 2.45) is 5.10 Å². The molecule has 1 aromatic rings. The minimum Gasteiger partial charge on any atom is -0.507 e. The van der Waals surface area contributed by atoms with Crippen molar-refractivity contribution in [2.45, 2.75) is 13.8 Å². The van der Waals surface area contributed by atoms with Crippen LogP contribution in [0.4, 0.5) is 0 Å². The number of benzene rings is 1. The van der Waals surface area contributed by atoms with Gasteiger partial charge < -0.3 is 5.11 Å². The Balaban J connectivity index is 2.74. The van der Waals surface area contributed by atoms with Gasteiger partial charge in [-0.25, -0.2) is 0 Å². The van der Waals surface area contributed by atoms with Gasteiger partial charge in [-0.3, -0.25) is 0 Å². The van der Waals surface area contributed by atoms with Crippen LogP contribution in [0.2, 0.25) is 0 Å². The van der Waals surface area contributed by atoms with Crippen molar-refractivity contribution in [3.05, 3.63) is 29.8 Å². The minimum absolute atomic E-state index is 0.0447. The molecular formula is C11H17N3O3S. The van der Waals surface area contributed by atoms with E-state index in [9.17, 15) is 13.5 Å². The normalized spacial score (nSPS) is 12.2. The first-order valence-electron chi connectivity index (χ1n) is 5.59. The highest BCUT2D eigenvalue weighted by atomic mass is 32.2. The maximum absolute atomic E-state index is 11.7. The van der Waals surface area contributed by atoms with Crippen molar-refractivity contribution in [3.8, 4) is 5.75 Å². The Labute approximate surface area is 107 Å². The van der Waals surface area contributed by atoms with Crippen LogP contribution in [0.3, 0.4) is 0 Å². The summed E-state index contributed by atoms with van der Waals surface area (Å²) in [6.07, 6.45) is 1.26. The van der Waals surface area contributed by atoms with Crippen LogP contribution < -0.4 is 4.83 Å². The van der Waals surface area contributed by atoms with Crippen LogP contribution in [0.5, 0.6) is 5.75 Å². The van der Waals surface area contributed by atoms with E-state index >= 15 is 0 Å². The molecule has 0 saturated carbocycles. The molecule has 0 aromatic heterocycles. The van der Waals surface area contributed by atoms with Crippen LogP contribution in [-0.4, -0.2) is 37.1 Å². The first-order valence-corrected chi connectivity index (χ1v) is 7.03. The average molecular weight is 271 g/mol. The molecule has 0 unspecified atom stereocenters. The summed E-state index contributed by atoms with van der Waals surface area (Å²) in [6, 6.07) is 6.53. The fourth-order valence-electron chi connectivity index (χ4n) is 1.38. The molecule has 18 heavy (non-hydrogen) atoms. The lowest BCUT2D eigenvalue weighted by molar-refractivity contribution is 0.436. The zero-order valence-corrected chi connectivity index (χ0v) is 11.2. The van der Waals surface area contributed by atoms with Crippen LogP contribution in [0.15, 0.2) is 29.4 Å². The SMILES string of the molecule is CCN(CC)S(=O)(=O)NN=Cc1ccccc1O. The third kappa shape index (κ3) is 3.71. The fourth-order valence-corrected chi connectivity index (χ4v) is 2.36. The highest BCUT2D eigenvalue weighted by Gasteiger charge is 2.16. The first kappa shape index (κ1) is 14.5. The molecule has 1 aromatic carbocycles. The number of nitrogens with zero attached hydrogens (tertiary/aromatic N) is 2. The Morgan fingerprint density at radius 2 is 1.94 bits per heavy atom. The number of hydrazone groups is 1. The van der Waals surface area contributed by atoms with Gasteiger partial charge in [-0.15, -0.1) is 0 Å². The van der Waals surface area contributed by atoms with E-state index in [0.717, 1.165) is 0 Å². The predicted molar refractivity (Wildman–Crippen MR) is 70.7 cm³/mol. The monoisotopic (exact) mass is 271 g/mol. The first-order chi connectivity index (χ1) is 8.51. The molecule has 1 rings (SSSR count). The number of hydrogen-bond acceptors (Lipinski definition) is 4. The molecule has 0 aliphatic carbocycles. The highest BCUT2D eigenvalue weighted by molar-refractivity contribution is 7.87. The quantitative estimate of drug-likeness (QED) is 0.596. The minimum atomic E-state index is -3.60. The molecule has 0 heterocycles. The number of phenols is 1. The Hall–Kier alpha value is -1.60. The lowest BCUT2D eigenvalue weighted by Gasteiger charge is -2.16. The van der Waals surface area contributed by atoms with E-state index in [1.54, 1.807) is 32.0 Å². The van der Waals surface area contributed by atoms with Crippen LogP contribution in [0.1, 0.15) is 19.4 Å². The van der Waals surface area contributed by atoms with Gasteiger partial charge in [0, 0.05) is 18.7 Å². The van der Waals surface area contributed by atoms with Crippen LogP contribution in [0.25, 0.3) is 0 Å². The number of aromatic hydroxyl groups is 1. The van der Waals surface area contributed by atoms with E-state index in [-0.39, 0.29) is 5.75 Å². The van der Waals surface area contributed by atoms with Crippen molar-refractivity contribution >= 4 is 16.4 Å². The molecule has 7 heteroatoms. The van der Waals surface area contributed by atoms with Gasteiger partial charge in [0.15, 0.2) is 0 Å². The third-order valence-corrected chi connectivity index (χ3v) is 3.89. The Bertz CT molecular complexity index is 510. The fraction of sp³-hybridized carbons (Fsp3) is 0.364. The largest absolute Gasteiger partial charge is 0.507 e. The van der Waals surface area contributed by atoms with Crippen molar-refractivity contribution in [1.29, 1.82) is 0 Å². The smallest absolute Gasteiger partial charge is 0.316 e. The summed E-state index contributed by atoms with van der Waals surface area (Å²) in [6.45, 7) is 4.24. The highest BCUT2D eigenvalue weighted by Crippen LogP contribution is 2.12. The molecule has 6 nitrogen and oxygen atoms in total. The number of nitrogens with one attached hydrogen (secondary N) is 1. The molecule has 0 aliphatic heterocycles. The summed E-state index contributed by atoms with van der Waals surface area (Å²) in [5, 5.41) is 13.1. The zero-order chi connectivity index (χ0) is 13.6. The van der Waals surface area contributed by atoms with Crippen LogP contribution in [0, 0.1) is 0 Å². The van der Waals surface area contributed by atoms with Gasteiger partial charge in [-0.05, 0) is 12.1 Å². The zero-order valence-electron chi connectivity index (χ0n) is 10.4. The summed E-state index contributed by atoms with van der Waals surface area (Å²) in [5.74, 6) is 0.0447. The third-order valence-electron chi connectivity index (χ3n) is 2.35. The maximum Gasteiger partial charge on any atom is 0.316 e. The molecule has 0 bridgehead atoms. The lowest BCUT2D eigenvalue weighted by Crippen LogP contribution is -2.38. The second-order valence-corrected chi connectivity index (χ2v) is 5.15. The molecule has 0 amide bonds. The van der Waals surface area contributed by atoms with E-state index in [2.05, 4.69) is 9.93 Å². The van der Waals surface area contributed by atoms with Crippen molar-refractivity contribution < 1.29 is 13.5 Å². The number of rotatable bonds is 6. The van der Waals surface area contributed by atoms with Gasteiger partial charge in [-0.1, -0.05) is 26.0 Å². The van der Waals surface area contributed by atoms with Crippen molar-refractivity contribution in [3.63, 3.8) is 0 Å². The predicted octanol–water partition coefficient (Wildman–Crippen LogP) is 0.902. The summed E-state index contributed by atoms with van der Waals surface area (Å²) < 4.78 is 24.7. The molecule has 0 spiro atoms. The van der Waals surface area contributed by atoms with E-state index in [1.165, 1.54) is 16.6 Å². The Kier molecular flexibility index (Phi) is 5.11. The van der Waals surface area contributed by atoms with Crippen LogP contribution in [-0.2, 0) is 10.2 Å². The number of para-hydroxylation sites is 1. The molecular weight excluding hydrogens is 254 g/mol.